The Labute approximate surface area is 139 Å². The van der Waals surface area contributed by atoms with Gasteiger partial charge < -0.3 is 0 Å². The van der Waals surface area contributed by atoms with Crippen LogP contribution >= 0.6 is 45.2 Å². The molecule has 2 rings (SSSR count). The predicted molar refractivity (Wildman–Crippen MR) is 84.3 cm³/mol. The third-order valence-electron chi connectivity index (χ3n) is 2.32. The molecule has 0 unspecified atom stereocenters. The highest BCUT2D eigenvalue weighted by Crippen LogP contribution is 2.30. The Balaban J connectivity index is 2.28. The molecule has 10 heteroatoms. The summed E-state index contributed by atoms with van der Waals surface area (Å²) in [6.07, 6.45) is 0. The van der Waals surface area contributed by atoms with Gasteiger partial charge in [-0.15, -0.1) is 0 Å². The number of thiazole rings is 1. The second kappa shape index (κ2) is 6.10. The topological polar surface area (TPSA) is 76.1 Å². The van der Waals surface area contributed by atoms with Crippen molar-refractivity contribution < 1.29 is 13.2 Å². The quantitative estimate of drug-likeness (QED) is 0.812. The number of hydrogen-bond acceptors (Lipinski definition) is 5. The Morgan fingerprint density at radius 1 is 1.24 bits per heavy atom. The fourth-order valence-electron chi connectivity index (χ4n) is 1.52. The van der Waals surface area contributed by atoms with E-state index in [-0.39, 0.29) is 20.6 Å². The van der Waals surface area contributed by atoms with Crippen LogP contribution in [0, 0.1) is 6.92 Å². The molecule has 0 saturated heterocycles. The summed E-state index contributed by atoms with van der Waals surface area (Å²) in [5, 5.41) is 3.22. The molecule has 1 amide bonds. The van der Waals surface area contributed by atoms with Crippen molar-refractivity contribution in [3.8, 4) is 0 Å². The Morgan fingerprint density at radius 3 is 2.29 bits per heavy atom. The lowest BCUT2D eigenvalue weighted by Crippen LogP contribution is -2.11. The van der Waals surface area contributed by atoms with Crippen LogP contribution in [-0.4, -0.2) is 19.3 Å². The number of aromatic nitrogens is 1. The number of nitrogens with one attached hydrogen (secondary N) is 1. The highest BCUT2D eigenvalue weighted by Gasteiger charge is 2.20. The highest BCUT2D eigenvalue weighted by molar-refractivity contribution is 8.15. The van der Waals surface area contributed by atoms with Crippen LogP contribution in [0.4, 0.5) is 5.13 Å². The first-order valence-corrected chi connectivity index (χ1v) is 9.24. The van der Waals surface area contributed by atoms with Gasteiger partial charge in [0.2, 0.25) is 0 Å². The molecule has 1 aromatic carbocycles. The fourth-order valence-corrected chi connectivity index (χ4v) is 4.39. The van der Waals surface area contributed by atoms with Crippen LogP contribution in [0.25, 0.3) is 0 Å². The maximum Gasteiger partial charge on any atom is 0.272 e. The monoisotopic (exact) mass is 384 g/mol. The molecule has 0 fully saturated rings. The van der Waals surface area contributed by atoms with E-state index in [2.05, 4.69) is 10.3 Å². The zero-order valence-electron chi connectivity index (χ0n) is 10.4. The number of carbonyl (C=O) groups excluding carboxylic acids is 1. The Morgan fingerprint density at radius 2 is 1.81 bits per heavy atom. The molecule has 0 aliphatic carbocycles. The maximum absolute atomic E-state index is 12.0. The number of amides is 1. The first-order chi connectivity index (χ1) is 9.66. The van der Waals surface area contributed by atoms with Crippen LogP contribution in [-0.2, 0) is 9.05 Å². The summed E-state index contributed by atoms with van der Waals surface area (Å²) >= 11 is 12.4. The molecule has 21 heavy (non-hydrogen) atoms. The average Bonchev–Trinajstić information content (AvgIpc) is 2.68. The molecule has 0 aliphatic rings. The smallest absolute Gasteiger partial charge is 0.272 e. The van der Waals surface area contributed by atoms with Gasteiger partial charge in [-0.05, 0) is 25.1 Å². The van der Waals surface area contributed by atoms with E-state index >= 15 is 0 Å². The van der Waals surface area contributed by atoms with Gasteiger partial charge in [-0.3, -0.25) is 10.1 Å². The highest BCUT2D eigenvalue weighted by atomic mass is 35.7. The first kappa shape index (κ1) is 16.5. The second-order valence-electron chi connectivity index (χ2n) is 3.94. The molecule has 1 N–H and O–H groups in total. The number of rotatable bonds is 3. The number of carbonyl (C=O) groups is 1. The lowest BCUT2D eigenvalue weighted by Gasteiger charge is -2.03. The Hall–Kier alpha value is -0.860. The van der Waals surface area contributed by atoms with Crippen molar-refractivity contribution in [2.45, 2.75) is 11.1 Å². The van der Waals surface area contributed by atoms with E-state index in [1.807, 2.05) is 0 Å². The van der Waals surface area contributed by atoms with Gasteiger partial charge in [0.25, 0.3) is 15.0 Å². The summed E-state index contributed by atoms with van der Waals surface area (Å²) in [5.41, 5.74) is 0.449. The van der Waals surface area contributed by atoms with Gasteiger partial charge in [-0.25, -0.2) is 13.4 Å². The average molecular weight is 386 g/mol. The third-order valence-corrected chi connectivity index (χ3v) is 6.01. The lowest BCUT2D eigenvalue weighted by atomic mass is 10.2. The van der Waals surface area contributed by atoms with Crippen LogP contribution in [0.1, 0.15) is 16.1 Å². The van der Waals surface area contributed by atoms with Gasteiger partial charge in [0.05, 0.1) is 5.69 Å². The Bertz CT molecular complexity index is 798. The van der Waals surface area contributed by atoms with Crippen molar-refractivity contribution in [1.29, 1.82) is 0 Å². The van der Waals surface area contributed by atoms with E-state index in [9.17, 15) is 13.2 Å². The number of nitrogens with zero attached hydrogens (tertiary/aromatic N) is 1. The van der Waals surface area contributed by atoms with Gasteiger partial charge >= 0.3 is 0 Å². The molecule has 112 valence electrons. The standard InChI is InChI=1S/C11H7Cl3N2O3S2/c1-5-10(21(14,18)19)20-11(15-5)16-9(17)6-2-7(12)4-8(13)3-6/h2-4H,1H3,(H,15,16,17). The summed E-state index contributed by atoms with van der Waals surface area (Å²) in [5.74, 6) is -0.508. The molecule has 0 radical (unpaired) electrons. The van der Waals surface area contributed by atoms with E-state index in [4.69, 9.17) is 33.9 Å². The molecular weight excluding hydrogens is 379 g/mol. The number of anilines is 1. The number of aryl methyl sites for hydroxylation is 1. The summed E-state index contributed by atoms with van der Waals surface area (Å²) in [6, 6.07) is 4.36. The van der Waals surface area contributed by atoms with Crippen molar-refractivity contribution in [3.05, 3.63) is 39.5 Å². The molecule has 2 aromatic rings. The van der Waals surface area contributed by atoms with Crippen LogP contribution in [0.3, 0.4) is 0 Å². The van der Waals surface area contributed by atoms with Gasteiger partial charge in [0.1, 0.15) is 0 Å². The summed E-state index contributed by atoms with van der Waals surface area (Å²) in [6.45, 7) is 1.48. The van der Waals surface area contributed by atoms with Crippen molar-refractivity contribution in [1.82, 2.24) is 4.98 Å². The minimum atomic E-state index is -3.89. The summed E-state index contributed by atoms with van der Waals surface area (Å²) < 4.78 is 22.5. The molecule has 0 bridgehead atoms. The van der Waals surface area contributed by atoms with Crippen LogP contribution in [0.15, 0.2) is 22.4 Å². The third kappa shape index (κ3) is 4.08. The van der Waals surface area contributed by atoms with Crippen molar-refractivity contribution >= 4 is 65.3 Å². The van der Waals surface area contributed by atoms with E-state index in [0.717, 1.165) is 11.3 Å². The number of halogens is 3. The van der Waals surface area contributed by atoms with Crippen LogP contribution in [0.5, 0.6) is 0 Å². The SMILES string of the molecule is Cc1nc(NC(=O)c2cc(Cl)cc(Cl)c2)sc1S(=O)(=O)Cl. The van der Waals surface area contributed by atoms with Gasteiger partial charge in [-0.1, -0.05) is 34.5 Å². The van der Waals surface area contributed by atoms with E-state index in [0.29, 0.717) is 10.0 Å². The van der Waals surface area contributed by atoms with Gasteiger partial charge in [-0.2, -0.15) is 0 Å². The van der Waals surface area contributed by atoms with Crippen molar-refractivity contribution in [3.63, 3.8) is 0 Å². The van der Waals surface area contributed by atoms with E-state index in [1.54, 1.807) is 0 Å². The minimum absolute atomic E-state index is 0.108. The first-order valence-electron chi connectivity index (χ1n) is 5.36. The normalized spacial score (nSPS) is 11.4. The van der Waals surface area contributed by atoms with E-state index in [1.165, 1.54) is 25.1 Å². The molecule has 0 atom stereocenters. The van der Waals surface area contributed by atoms with Gasteiger partial charge in [0.15, 0.2) is 9.34 Å². The molecule has 0 spiro atoms. The molecule has 5 nitrogen and oxygen atoms in total. The maximum atomic E-state index is 12.0. The van der Waals surface area contributed by atoms with Crippen molar-refractivity contribution in [2.24, 2.45) is 0 Å². The molecule has 0 saturated carbocycles. The molecule has 1 aromatic heterocycles. The lowest BCUT2D eigenvalue weighted by molar-refractivity contribution is 0.102. The zero-order chi connectivity index (χ0) is 15.8. The second-order valence-corrected chi connectivity index (χ2v) is 8.58. The number of benzene rings is 1. The molecular formula is C11H7Cl3N2O3S2. The van der Waals surface area contributed by atoms with Gasteiger partial charge in [0, 0.05) is 26.3 Å². The summed E-state index contributed by atoms with van der Waals surface area (Å²) in [7, 11) is 1.38. The predicted octanol–water partition coefficient (Wildman–Crippen LogP) is 3.94. The number of hydrogen-bond donors (Lipinski definition) is 1. The largest absolute Gasteiger partial charge is 0.298 e. The Kier molecular flexibility index (Phi) is 4.79. The van der Waals surface area contributed by atoms with Crippen molar-refractivity contribution in [2.75, 3.05) is 5.32 Å². The fraction of sp³-hybridized carbons (Fsp3) is 0.0909. The van der Waals surface area contributed by atoms with Crippen LogP contribution < -0.4 is 5.32 Å². The molecule has 0 aliphatic heterocycles. The summed E-state index contributed by atoms with van der Waals surface area (Å²) in [4.78, 5) is 16.0. The molecule has 1 heterocycles. The van der Waals surface area contributed by atoms with E-state index < -0.39 is 15.0 Å². The van der Waals surface area contributed by atoms with Crippen LogP contribution in [0.2, 0.25) is 10.0 Å². The minimum Gasteiger partial charge on any atom is -0.298 e. The zero-order valence-corrected chi connectivity index (χ0v) is 14.3.